The topological polar surface area (TPSA) is 48.4 Å². The normalized spacial score (nSPS) is 10.7. The van der Waals surface area contributed by atoms with E-state index in [0.717, 1.165) is 30.1 Å². The zero-order chi connectivity index (χ0) is 15.0. The number of aromatic nitrogens is 1. The molecule has 0 amide bonds. The van der Waals surface area contributed by atoms with Crippen LogP contribution in [0.25, 0.3) is 0 Å². The number of ether oxygens (including phenoxy) is 2. The molecular weight excluding hydrogens is 306 g/mol. The lowest BCUT2D eigenvalue weighted by molar-refractivity contribution is -0.108. The first-order valence-corrected chi connectivity index (χ1v) is 9.55. The molecule has 118 valence electrons. The predicted octanol–water partition coefficient (Wildman–Crippen LogP) is 3.61. The Hall–Kier alpha value is -0.560. The highest BCUT2D eigenvalue weighted by Gasteiger charge is 1.96. The summed E-state index contributed by atoms with van der Waals surface area (Å²) in [5.41, 5.74) is 0. The molecule has 1 aromatic heterocycles. The Balaban J connectivity index is 1.76. The van der Waals surface area contributed by atoms with Gasteiger partial charge in [-0.25, -0.2) is 4.98 Å². The monoisotopic (exact) mass is 329 g/mol. The van der Waals surface area contributed by atoms with Crippen LogP contribution in [0.5, 0.6) is 0 Å². The number of hydrogen-bond donors (Lipinski definition) is 0. The van der Waals surface area contributed by atoms with Crippen molar-refractivity contribution in [3.8, 4) is 0 Å². The Morgan fingerprint density at radius 3 is 2.67 bits per heavy atom. The summed E-state index contributed by atoms with van der Waals surface area (Å²) in [6, 6.07) is 5.97. The van der Waals surface area contributed by atoms with Crippen LogP contribution in [0.2, 0.25) is 0 Å². The molecule has 0 radical (unpaired) electrons. The Kier molecular flexibility index (Phi) is 12.7. The molecule has 0 bridgehead atoms. The number of pyridine rings is 1. The number of nitrogens with zero attached hydrogens (tertiary/aromatic N) is 1. The first kappa shape index (κ1) is 18.5. The molecule has 0 spiro atoms. The SMILES string of the molecule is O=CCCOCCOCCCCCSSc1ccccn1. The minimum atomic E-state index is 0.466. The molecule has 0 N–H and O–H groups in total. The smallest absolute Gasteiger partial charge is 0.122 e. The molecule has 0 aromatic carbocycles. The molecule has 1 aromatic rings. The first-order chi connectivity index (χ1) is 10.4. The lowest BCUT2D eigenvalue weighted by atomic mass is 10.3. The standard InChI is InChI=1S/C15H23NO3S2/c17-9-6-11-19-13-12-18-10-4-1-5-14-20-21-15-7-2-3-8-16-15/h2-3,7-9H,1,4-6,10-14H2. The van der Waals surface area contributed by atoms with Gasteiger partial charge in [-0.1, -0.05) is 23.3 Å². The zero-order valence-electron chi connectivity index (χ0n) is 12.2. The van der Waals surface area contributed by atoms with Crippen LogP contribution in [0, 0.1) is 0 Å². The quantitative estimate of drug-likeness (QED) is 0.295. The Morgan fingerprint density at radius 2 is 1.90 bits per heavy atom. The van der Waals surface area contributed by atoms with Gasteiger partial charge in [0.25, 0.3) is 0 Å². The molecular formula is C15H23NO3S2. The highest BCUT2D eigenvalue weighted by Crippen LogP contribution is 2.29. The average molecular weight is 329 g/mol. The van der Waals surface area contributed by atoms with Crippen molar-refractivity contribution in [2.75, 3.05) is 32.2 Å². The minimum Gasteiger partial charge on any atom is -0.379 e. The molecule has 0 saturated carbocycles. The highest BCUT2D eigenvalue weighted by molar-refractivity contribution is 8.76. The molecule has 0 atom stereocenters. The van der Waals surface area contributed by atoms with Crippen LogP contribution in [0.1, 0.15) is 25.7 Å². The van der Waals surface area contributed by atoms with E-state index in [4.69, 9.17) is 9.47 Å². The van der Waals surface area contributed by atoms with Gasteiger partial charge in [0.15, 0.2) is 0 Å². The van der Waals surface area contributed by atoms with E-state index in [1.54, 1.807) is 10.8 Å². The molecule has 21 heavy (non-hydrogen) atoms. The average Bonchev–Trinajstić information content (AvgIpc) is 2.53. The van der Waals surface area contributed by atoms with Gasteiger partial charge in [0.05, 0.1) is 19.8 Å². The van der Waals surface area contributed by atoms with Crippen molar-refractivity contribution in [3.05, 3.63) is 24.4 Å². The Bertz CT molecular complexity index is 352. The number of aldehydes is 1. The van der Waals surface area contributed by atoms with Crippen LogP contribution in [-0.2, 0) is 14.3 Å². The largest absolute Gasteiger partial charge is 0.379 e. The molecule has 6 heteroatoms. The van der Waals surface area contributed by atoms with E-state index in [-0.39, 0.29) is 0 Å². The van der Waals surface area contributed by atoms with Crippen molar-refractivity contribution in [2.24, 2.45) is 0 Å². The molecule has 0 aliphatic carbocycles. The van der Waals surface area contributed by atoms with E-state index >= 15 is 0 Å². The summed E-state index contributed by atoms with van der Waals surface area (Å²) in [4.78, 5) is 14.3. The van der Waals surface area contributed by atoms with Crippen molar-refractivity contribution in [3.63, 3.8) is 0 Å². The Labute approximate surface area is 134 Å². The second-order valence-corrected chi connectivity index (χ2v) is 6.75. The van der Waals surface area contributed by atoms with Gasteiger partial charge in [0.2, 0.25) is 0 Å². The van der Waals surface area contributed by atoms with E-state index in [1.807, 2.05) is 35.2 Å². The van der Waals surface area contributed by atoms with E-state index in [9.17, 15) is 4.79 Å². The van der Waals surface area contributed by atoms with Gasteiger partial charge in [-0.05, 0) is 35.8 Å². The second-order valence-electron chi connectivity index (χ2n) is 4.31. The molecule has 0 aliphatic rings. The van der Waals surface area contributed by atoms with Crippen molar-refractivity contribution in [2.45, 2.75) is 30.7 Å². The number of hydrogen-bond acceptors (Lipinski definition) is 6. The summed E-state index contributed by atoms with van der Waals surface area (Å²) >= 11 is 0. The molecule has 0 saturated heterocycles. The Morgan fingerprint density at radius 1 is 1.05 bits per heavy atom. The number of carbonyl (C=O) groups is 1. The molecule has 0 fully saturated rings. The highest BCUT2D eigenvalue weighted by atomic mass is 33.1. The summed E-state index contributed by atoms with van der Waals surface area (Å²) in [5, 5.41) is 1.07. The number of rotatable bonds is 14. The summed E-state index contributed by atoms with van der Waals surface area (Å²) in [7, 11) is 3.59. The van der Waals surface area contributed by atoms with Crippen molar-refractivity contribution < 1.29 is 14.3 Å². The zero-order valence-corrected chi connectivity index (χ0v) is 13.9. The third kappa shape index (κ3) is 11.7. The van der Waals surface area contributed by atoms with Crippen molar-refractivity contribution >= 4 is 27.9 Å². The lowest BCUT2D eigenvalue weighted by Crippen LogP contribution is -2.06. The molecule has 4 nitrogen and oxygen atoms in total. The van der Waals surface area contributed by atoms with Crippen LogP contribution in [0.3, 0.4) is 0 Å². The number of unbranched alkanes of at least 4 members (excludes halogenated alkanes) is 2. The maximum atomic E-state index is 10.0. The number of carbonyl (C=O) groups excluding carboxylic acids is 1. The lowest BCUT2D eigenvalue weighted by Gasteiger charge is -2.04. The van der Waals surface area contributed by atoms with Crippen LogP contribution in [0.15, 0.2) is 29.4 Å². The maximum absolute atomic E-state index is 10.0. The fraction of sp³-hybridized carbons (Fsp3) is 0.600. The third-order valence-corrected chi connectivity index (χ3v) is 4.90. The summed E-state index contributed by atoms with van der Waals surface area (Å²) < 4.78 is 10.7. The fourth-order valence-electron chi connectivity index (χ4n) is 1.49. The van der Waals surface area contributed by atoms with Crippen LogP contribution in [0.4, 0.5) is 0 Å². The van der Waals surface area contributed by atoms with E-state index < -0.39 is 0 Å². The van der Waals surface area contributed by atoms with Crippen molar-refractivity contribution in [1.29, 1.82) is 0 Å². The molecule has 0 unspecified atom stereocenters. The fourth-order valence-corrected chi connectivity index (χ4v) is 3.52. The summed E-state index contributed by atoms with van der Waals surface area (Å²) in [6.45, 7) is 2.47. The third-order valence-electron chi connectivity index (χ3n) is 2.55. The van der Waals surface area contributed by atoms with E-state index in [0.29, 0.717) is 26.2 Å². The van der Waals surface area contributed by atoms with Gasteiger partial charge in [-0.3, -0.25) is 0 Å². The molecule has 0 aliphatic heterocycles. The van der Waals surface area contributed by atoms with Crippen molar-refractivity contribution in [1.82, 2.24) is 4.98 Å². The predicted molar refractivity (Wildman–Crippen MR) is 88.7 cm³/mol. The van der Waals surface area contributed by atoms with Crippen LogP contribution < -0.4 is 0 Å². The van der Waals surface area contributed by atoms with Crippen LogP contribution >= 0.6 is 21.6 Å². The maximum Gasteiger partial charge on any atom is 0.122 e. The molecule has 1 heterocycles. The second kappa shape index (κ2) is 14.4. The summed E-state index contributed by atoms with van der Waals surface area (Å²) in [5.74, 6) is 1.13. The first-order valence-electron chi connectivity index (χ1n) is 7.23. The van der Waals surface area contributed by atoms with Gasteiger partial charge in [-0.2, -0.15) is 0 Å². The van der Waals surface area contributed by atoms with Gasteiger partial charge >= 0.3 is 0 Å². The minimum absolute atomic E-state index is 0.466. The summed E-state index contributed by atoms with van der Waals surface area (Å²) in [6.07, 6.45) is 6.62. The van der Waals surface area contributed by atoms with Gasteiger partial charge in [0.1, 0.15) is 11.3 Å². The van der Waals surface area contributed by atoms with Crippen LogP contribution in [-0.4, -0.2) is 43.5 Å². The van der Waals surface area contributed by atoms with Gasteiger partial charge in [0, 0.05) is 25.0 Å². The van der Waals surface area contributed by atoms with E-state index in [1.165, 1.54) is 12.8 Å². The van der Waals surface area contributed by atoms with E-state index in [2.05, 4.69) is 4.98 Å². The molecule has 1 rings (SSSR count). The van der Waals surface area contributed by atoms with Gasteiger partial charge in [-0.15, -0.1) is 0 Å². The van der Waals surface area contributed by atoms with Gasteiger partial charge < -0.3 is 14.3 Å².